The summed E-state index contributed by atoms with van der Waals surface area (Å²) in [5.41, 5.74) is 5.13. The van der Waals surface area contributed by atoms with Gasteiger partial charge in [0.1, 0.15) is 17.7 Å². The number of amides is 2. The third kappa shape index (κ3) is 3.58. The van der Waals surface area contributed by atoms with Gasteiger partial charge in [-0.15, -0.1) is 0 Å². The molecule has 30 heavy (non-hydrogen) atoms. The summed E-state index contributed by atoms with van der Waals surface area (Å²) in [6, 6.07) is 11.1. The van der Waals surface area contributed by atoms with Crippen LogP contribution in [-0.4, -0.2) is 21.6 Å². The number of aryl methyl sites for hydroxylation is 3. The van der Waals surface area contributed by atoms with Gasteiger partial charge in [0.15, 0.2) is 0 Å². The van der Waals surface area contributed by atoms with E-state index >= 15 is 0 Å². The first kappa shape index (κ1) is 19.8. The number of carbonyl (C=O) groups is 2. The fourth-order valence-corrected chi connectivity index (χ4v) is 3.81. The molecule has 1 aliphatic heterocycles. The monoisotopic (exact) mass is 406 g/mol. The first-order chi connectivity index (χ1) is 14.4. The Morgan fingerprint density at radius 1 is 1.20 bits per heavy atom. The number of fused-ring (bicyclic) bond motifs is 1. The molecule has 2 heterocycles. The van der Waals surface area contributed by atoms with Crippen LogP contribution in [0.4, 0.5) is 15.9 Å². The van der Waals surface area contributed by atoms with E-state index in [1.807, 2.05) is 39.0 Å². The van der Waals surface area contributed by atoms with Crippen molar-refractivity contribution in [2.45, 2.75) is 39.7 Å². The van der Waals surface area contributed by atoms with E-state index in [1.165, 1.54) is 12.1 Å². The highest BCUT2D eigenvalue weighted by Gasteiger charge is 2.36. The van der Waals surface area contributed by atoms with Crippen LogP contribution in [0.3, 0.4) is 0 Å². The molecule has 0 fully saturated rings. The van der Waals surface area contributed by atoms with Crippen LogP contribution in [0.15, 0.2) is 42.5 Å². The molecule has 0 bridgehead atoms. The Hall–Kier alpha value is -3.48. The van der Waals surface area contributed by atoms with Gasteiger partial charge >= 0.3 is 0 Å². The first-order valence-corrected chi connectivity index (χ1v) is 9.92. The average molecular weight is 406 g/mol. The molecule has 3 aromatic rings. The summed E-state index contributed by atoms with van der Waals surface area (Å²) in [6.07, 6.45) is 0.615. The summed E-state index contributed by atoms with van der Waals surface area (Å²) in [6.45, 7) is 5.89. The van der Waals surface area contributed by atoms with Gasteiger partial charge in [-0.25, -0.2) is 9.07 Å². The number of hydrogen-bond acceptors (Lipinski definition) is 3. The molecule has 0 aliphatic carbocycles. The summed E-state index contributed by atoms with van der Waals surface area (Å²) in [5.74, 6) is -0.315. The van der Waals surface area contributed by atoms with Gasteiger partial charge in [0.05, 0.1) is 12.1 Å². The van der Waals surface area contributed by atoms with Crippen molar-refractivity contribution in [3.8, 4) is 11.1 Å². The van der Waals surface area contributed by atoms with Crippen molar-refractivity contribution in [3.63, 3.8) is 0 Å². The maximum absolute atomic E-state index is 13.3. The van der Waals surface area contributed by atoms with Crippen LogP contribution >= 0.6 is 0 Å². The third-order valence-electron chi connectivity index (χ3n) is 5.32. The predicted molar refractivity (Wildman–Crippen MR) is 114 cm³/mol. The van der Waals surface area contributed by atoms with Gasteiger partial charge < -0.3 is 10.6 Å². The van der Waals surface area contributed by atoms with Crippen LogP contribution in [0.5, 0.6) is 0 Å². The number of nitrogens with zero attached hydrogens (tertiary/aromatic N) is 2. The molecule has 154 valence electrons. The summed E-state index contributed by atoms with van der Waals surface area (Å²) in [7, 11) is 0. The van der Waals surface area contributed by atoms with E-state index in [2.05, 4.69) is 15.7 Å². The van der Waals surface area contributed by atoms with Crippen molar-refractivity contribution in [2.24, 2.45) is 0 Å². The molecule has 0 saturated heterocycles. The average Bonchev–Trinajstić information content (AvgIpc) is 3.20. The van der Waals surface area contributed by atoms with Crippen molar-refractivity contribution in [1.29, 1.82) is 0 Å². The van der Waals surface area contributed by atoms with Crippen molar-refractivity contribution >= 4 is 23.3 Å². The minimum Gasteiger partial charge on any atom is -0.326 e. The van der Waals surface area contributed by atoms with Gasteiger partial charge in [0, 0.05) is 11.3 Å². The smallest absolute Gasteiger partial charge is 0.251 e. The second-order valence-electron chi connectivity index (χ2n) is 7.55. The highest BCUT2D eigenvalue weighted by molar-refractivity contribution is 6.04. The number of anilines is 2. The topological polar surface area (TPSA) is 76.0 Å². The lowest BCUT2D eigenvalue weighted by atomic mass is 10.0. The highest BCUT2D eigenvalue weighted by Crippen LogP contribution is 2.38. The number of benzene rings is 2. The summed E-state index contributed by atoms with van der Waals surface area (Å²) in [4.78, 5) is 25.3. The van der Waals surface area contributed by atoms with E-state index < -0.39 is 6.04 Å². The molecule has 7 heteroatoms. The molecule has 0 spiro atoms. The van der Waals surface area contributed by atoms with Gasteiger partial charge in [-0.1, -0.05) is 36.8 Å². The third-order valence-corrected chi connectivity index (χ3v) is 5.32. The summed E-state index contributed by atoms with van der Waals surface area (Å²) >= 11 is 0. The van der Waals surface area contributed by atoms with Crippen LogP contribution in [0.1, 0.15) is 36.2 Å². The Morgan fingerprint density at radius 3 is 2.60 bits per heavy atom. The zero-order chi connectivity index (χ0) is 21.4. The van der Waals surface area contributed by atoms with E-state index in [0.29, 0.717) is 12.2 Å². The van der Waals surface area contributed by atoms with E-state index in [9.17, 15) is 14.0 Å². The second-order valence-corrected chi connectivity index (χ2v) is 7.55. The van der Waals surface area contributed by atoms with Gasteiger partial charge in [-0.3, -0.25) is 9.59 Å². The van der Waals surface area contributed by atoms with E-state index in [1.54, 1.807) is 16.8 Å². The van der Waals surface area contributed by atoms with Crippen LogP contribution in [0, 0.1) is 19.7 Å². The van der Waals surface area contributed by atoms with E-state index in [-0.39, 0.29) is 24.1 Å². The molecule has 4 rings (SSSR count). The molecular weight excluding hydrogens is 383 g/mol. The Kier molecular flexibility index (Phi) is 5.11. The molecule has 2 amide bonds. The second kappa shape index (κ2) is 7.74. The Bertz CT molecular complexity index is 1130. The fourth-order valence-electron chi connectivity index (χ4n) is 3.81. The van der Waals surface area contributed by atoms with Crippen LogP contribution < -0.4 is 10.6 Å². The quantitative estimate of drug-likeness (QED) is 0.660. The minimum atomic E-state index is -0.731. The molecule has 6 nitrogen and oxygen atoms in total. The molecule has 0 saturated carbocycles. The van der Waals surface area contributed by atoms with Gasteiger partial charge in [0.2, 0.25) is 5.91 Å². The van der Waals surface area contributed by atoms with Crippen molar-refractivity contribution in [1.82, 2.24) is 9.78 Å². The Balaban J connectivity index is 1.61. The van der Waals surface area contributed by atoms with Crippen molar-refractivity contribution in [2.75, 3.05) is 10.6 Å². The van der Waals surface area contributed by atoms with Gasteiger partial charge in [-0.2, -0.15) is 5.10 Å². The van der Waals surface area contributed by atoms with Gasteiger partial charge in [-0.05, 0) is 49.6 Å². The molecule has 1 aliphatic rings. The minimum absolute atomic E-state index is 0.0279. The molecule has 1 aromatic heterocycles. The van der Waals surface area contributed by atoms with Gasteiger partial charge in [0.25, 0.3) is 5.91 Å². The summed E-state index contributed by atoms with van der Waals surface area (Å²) < 4.78 is 14.9. The Labute approximate surface area is 174 Å². The first-order valence-electron chi connectivity index (χ1n) is 9.92. The molecule has 1 unspecified atom stereocenters. The van der Waals surface area contributed by atoms with E-state index in [4.69, 9.17) is 0 Å². The number of aromatic nitrogens is 2. The number of halogens is 1. The van der Waals surface area contributed by atoms with Crippen molar-refractivity contribution < 1.29 is 14.0 Å². The molecule has 1 atom stereocenters. The number of rotatable bonds is 5. The normalized spacial score (nSPS) is 15.1. The maximum atomic E-state index is 13.3. The molecular formula is C23H23FN4O2. The van der Waals surface area contributed by atoms with E-state index in [0.717, 1.165) is 33.6 Å². The zero-order valence-corrected chi connectivity index (χ0v) is 17.1. The lowest BCUT2D eigenvalue weighted by Gasteiger charge is -2.12. The predicted octanol–water partition coefficient (Wildman–Crippen LogP) is 4.39. The maximum Gasteiger partial charge on any atom is 0.251 e. The fraction of sp³-hybridized carbons (Fsp3) is 0.261. The lowest BCUT2D eigenvalue weighted by molar-refractivity contribution is -0.123. The number of nitrogens with one attached hydrogen (secondary N) is 2. The molecule has 2 N–H and O–H groups in total. The van der Waals surface area contributed by atoms with Crippen LogP contribution in [-0.2, 0) is 16.0 Å². The SMILES string of the molecule is CCc1nn2c(c1-c1ccc(F)cc1)NC(=O)C2CC(=O)Nc1ccc(C)cc1C. The molecule has 2 aromatic carbocycles. The van der Waals surface area contributed by atoms with Crippen LogP contribution in [0.2, 0.25) is 0 Å². The molecule has 0 radical (unpaired) electrons. The zero-order valence-electron chi connectivity index (χ0n) is 17.1. The number of hydrogen-bond donors (Lipinski definition) is 2. The van der Waals surface area contributed by atoms with Crippen LogP contribution in [0.25, 0.3) is 11.1 Å². The van der Waals surface area contributed by atoms with Crippen molar-refractivity contribution in [3.05, 3.63) is 65.1 Å². The standard InChI is InChI=1S/C23H23FN4O2/c1-4-17-21(15-6-8-16(24)9-7-15)22-26-23(30)19(28(22)27-17)12-20(29)25-18-10-5-13(2)11-14(18)3/h5-11,19H,4,12H2,1-3H3,(H,25,29)(H,26,30). The highest BCUT2D eigenvalue weighted by atomic mass is 19.1. The number of carbonyl (C=O) groups excluding carboxylic acids is 2. The largest absolute Gasteiger partial charge is 0.326 e. The summed E-state index contributed by atoms with van der Waals surface area (Å²) in [5, 5.41) is 10.3. The Morgan fingerprint density at radius 2 is 1.93 bits per heavy atom. The lowest BCUT2D eigenvalue weighted by Crippen LogP contribution is -2.24.